The standard InChI is InChI=1S/C17H12N4O/c22-16(13-9-5-2-6-10-13)17-19-18-15-11-14(20-21(15)17)12-7-3-1-4-8-12/h1-11,20H. The summed E-state index contributed by atoms with van der Waals surface area (Å²) in [6, 6.07) is 20.8. The number of aromatic amines is 1. The number of carbonyl (C=O) groups excluding carboxylic acids is 1. The van der Waals surface area contributed by atoms with Gasteiger partial charge in [0.2, 0.25) is 11.6 Å². The summed E-state index contributed by atoms with van der Waals surface area (Å²) in [5, 5.41) is 11.3. The number of hydrogen-bond acceptors (Lipinski definition) is 3. The summed E-state index contributed by atoms with van der Waals surface area (Å²) in [4.78, 5) is 12.5. The van der Waals surface area contributed by atoms with Crippen LogP contribution in [-0.2, 0) is 0 Å². The molecule has 0 spiro atoms. The van der Waals surface area contributed by atoms with Gasteiger partial charge in [0.05, 0.1) is 5.69 Å². The minimum atomic E-state index is -0.158. The summed E-state index contributed by atoms with van der Waals surface area (Å²) >= 11 is 0. The van der Waals surface area contributed by atoms with Crippen molar-refractivity contribution in [2.45, 2.75) is 0 Å². The van der Waals surface area contributed by atoms with E-state index in [9.17, 15) is 4.79 Å². The highest BCUT2D eigenvalue weighted by molar-refractivity contribution is 6.06. The van der Waals surface area contributed by atoms with Gasteiger partial charge < -0.3 is 0 Å². The number of H-pyrrole nitrogens is 1. The summed E-state index contributed by atoms with van der Waals surface area (Å²) in [5.74, 6) is 0.123. The number of aromatic nitrogens is 4. The number of rotatable bonds is 3. The van der Waals surface area contributed by atoms with Crippen LogP contribution >= 0.6 is 0 Å². The van der Waals surface area contributed by atoms with Crippen molar-refractivity contribution in [3.8, 4) is 11.3 Å². The molecule has 0 aliphatic carbocycles. The number of benzene rings is 2. The van der Waals surface area contributed by atoms with Crippen LogP contribution in [0.4, 0.5) is 0 Å². The summed E-state index contributed by atoms with van der Waals surface area (Å²) in [6.07, 6.45) is 0. The summed E-state index contributed by atoms with van der Waals surface area (Å²) in [5.41, 5.74) is 3.14. The highest BCUT2D eigenvalue weighted by Gasteiger charge is 2.18. The molecule has 0 bridgehead atoms. The first-order chi connectivity index (χ1) is 10.8. The van der Waals surface area contributed by atoms with Crippen molar-refractivity contribution in [1.29, 1.82) is 0 Å². The molecule has 106 valence electrons. The zero-order chi connectivity index (χ0) is 14.9. The molecular formula is C17H12N4O. The monoisotopic (exact) mass is 288 g/mol. The molecule has 0 atom stereocenters. The number of fused-ring (bicyclic) bond motifs is 1. The highest BCUT2D eigenvalue weighted by atomic mass is 16.1. The Labute approximate surface area is 126 Å². The minimum Gasteiger partial charge on any atom is -0.290 e. The third-order valence-corrected chi connectivity index (χ3v) is 3.52. The third kappa shape index (κ3) is 2.00. The minimum absolute atomic E-state index is 0.158. The average molecular weight is 288 g/mol. The van der Waals surface area contributed by atoms with Crippen LogP contribution in [0.1, 0.15) is 16.2 Å². The molecule has 0 radical (unpaired) electrons. The predicted molar refractivity (Wildman–Crippen MR) is 82.6 cm³/mol. The summed E-state index contributed by atoms with van der Waals surface area (Å²) < 4.78 is 1.62. The third-order valence-electron chi connectivity index (χ3n) is 3.52. The van der Waals surface area contributed by atoms with Gasteiger partial charge in [0, 0.05) is 11.6 Å². The van der Waals surface area contributed by atoms with Crippen molar-refractivity contribution in [2.75, 3.05) is 0 Å². The number of nitrogens with zero attached hydrogens (tertiary/aromatic N) is 3. The Bertz CT molecular complexity index is 939. The molecule has 2 aromatic heterocycles. The van der Waals surface area contributed by atoms with E-state index in [0.29, 0.717) is 11.2 Å². The van der Waals surface area contributed by atoms with E-state index in [2.05, 4.69) is 15.3 Å². The highest BCUT2D eigenvalue weighted by Crippen LogP contribution is 2.19. The molecular weight excluding hydrogens is 276 g/mol. The lowest BCUT2D eigenvalue weighted by Crippen LogP contribution is -2.07. The fourth-order valence-electron chi connectivity index (χ4n) is 2.41. The van der Waals surface area contributed by atoms with Gasteiger partial charge in [-0.05, 0) is 5.56 Å². The molecule has 5 nitrogen and oxygen atoms in total. The average Bonchev–Trinajstić information content (AvgIpc) is 3.16. The van der Waals surface area contributed by atoms with E-state index in [0.717, 1.165) is 11.3 Å². The molecule has 0 saturated heterocycles. The fraction of sp³-hybridized carbons (Fsp3) is 0. The molecule has 0 aliphatic heterocycles. The predicted octanol–water partition coefficient (Wildman–Crippen LogP) is 2.96. The van der Waals surface area contributed by atoms with E-state index in [1.165, 1.54) is 0 Å². The Kier molecular flexibility index (Phi) is 2.83. The van der Waals surface area contributed by atoms with Crippen LogP contribution in [0.25, 0.3) is 16.9 Å². The Morgan fingerprint density at radius 3 is 2.32 bits per heavy atom. The lowest BCUT2D eigenvalue weighted by Gasteiger charge is -1.99. The first-order valence-electron chi connectivity index (χ1n) is 6.92. The van der Waals surface area contributed by atoms with Gasteiger partial charge in [-0.15, -0.1) is 10.2 Å². The van der Waals surface area contributed by atoms with Gasteiger partial charge >= 0.3 is 0 Å². The van der Waals surface area contributed by atoms with Crippen LogP contribution in [0.5, 0.6) is 0 Å². The molecule has 2 aromatic carbocycles. The van der Waals surface area contributed by atoms with Crippen molar-refractivity contribution in [3.63, 3.8) is 0 Å². The molecule has 0 unspecified atom stereocenters. The molecule has 1 N–H and O–H groups in total. The van der Waals surface area contributed by atoms with Gasteiger partial charge in [-0.2, -0.15) is 0 Å². The van der Waals surface area contributed by atoms with Gasteiger partial charge in [-0.1, -0.05) is 60.7 Å². The van der Waals surface area contributed by atoms with Crippen LogP contribution in [0.2, 0.25) is 0 Å². The molecule has 0 amide bonds. The van der Waals surface area contributed by atoms with E-state index < -0.39 is 0 Å². The number of hydrogen-bond donors (Lipinski definition) is 1. The maximum absolute atomic E-state index is 12.5. The van der Waals surface area contributed by atoms with E-state index in [4.69, 9.17) is 0 Å². The quantitative estimate of drug-likeness (QED) is 0.589. The second-order valence-corrected chi connectivity index (χ2v) is 4.95. The van der Waals surface area contributed by atoms with Crippen molar-refractivity contribution in [1.82, 2.24) is 19.8 Å². The van der Waals surface area contributed by atoms with Crippen molar-refractivity contribution >= 4 is 11.4 Å². The van der Waals surface area contributed by atoms with Crippen molar-refractivity contribution in [3.05, 3.63) is 78.1 Å². The Morgan fingerprint density at radius 1 is 0.909 bits per heavy atom. The van der Waals surface area contributed by atoms with E-state index in [1.807, 2.05) is 54.6 Å². The molecule has 4 rings (SSSR count). The smallest absolute Gasteiger partial charge is 0.232 e. The Hall–Kier alpha value is -3.21. The number of nitrogens with one attached hydrogen (secondary N) is 1. The number of carbonyl (C=O) groups is 1. The number of ketones is 1. The Morgan fingerprint density at radius 2 is 1.59 bits per heavy atom. The van der Waals surface area contributed by atoms with Crippen LogP contribution in [-0.4, -0.2) is 25.6 Å². The molecule has 0 saturated carbocycles. The molecule has 5 heteroatoms. The largest absolute Gasteiger partial charge is 0.290 e. The van der Waals surface area contributed by atoms with Gasteiger partial charge in [0.25, 0.3) is 0 Å². The second-order valence-electron chi connectivity index (χ2n) is 4.95. The SMILES string of the molecule is O=C(c1ccccc1)c1nnc2cc(-c3ccccc3)[nH]n12. The maximum Gasteiger partial charge on any atom is 0.232 e. The lowest BCUT2D eigenvalue weighted by atomic mass is 10.1. The van der Waals surface area contributed by atoms with Crippen LogP contribution in [0, 0.1) is 0 Å². The summed E-state index contributed by atoms with van der Waals surface area (Å²) in [6.45, 7) is 0. The molecule has 4 aromatic rings. The van der Waals surface area contributed by atoms with Gasteiger partial charge in [0.15, 0.2) is 5.65 Å². The lowest BCUT2D eigenvalue weighted by molar-refractivity contribution is 0.102. The topological polar surface area (TPSA) is 63.0 Å². The Balaban J connectivity index is 1.80. The zero-order valence-corrected chi connectivity index (χ0v) is 11.6. The molecule has 22 heavy (non-hydrogen) atoms. The van der Waals surface area contributed by atoms with Crippen LogP contribution < -0.4 is 0 Å². The summed E-state index contributed by atoms with van der Waals surface area (Å²) in [7, 11) is 0. The normalized spacial score (nSPS) is 10.9. The molecule has 0 fully saturated rings. The van der Waals surface area contributed by atoms with E-state index >= 15 is 0 Å². The van der Waals surface area contributed by atoms with Gasteiger partial charge in [0.1, 0.15) is 0 Å². The van der Waals surface area contributed by atoms with Crippen molar-refractivity contribution in [2.24, 2.45) is 0 Å². The van der Waals surface area contributed by atoms with Crippen molar-refractivity contribution < 1.29 is 4.79 Å². The van der Waals surface area contributed by atoms with E-state index in [-0.39, 0.29) is 11.6 Å². The van der Waals surface area contributed by atoms with E-state index in [1.54, 1.807) is 16.6 Å². The molecule has 2 heterocycles. The van der Waals surface area contributed by atoms with Gasteiger partial charge in [-0.3, -0.25) is 9.89 Å². The first kappa shape index (κ1) is 12.5. The molecule has 0 aliphatic rings. The zero-order valence-electron chi connectivity index (χ0n) is 11.6. The fourth-order valence-corrected chi connectivity index (χ4v) is 2.41. The van der Waals surface area contributed by atoms with Gasteiger partial charge in [-0.25, -0.2) is 4.52 Å². The van der Waals surface area contributed by atoms with Crippen LogP contribution in [0.15, 0.2) is 66.7 Å². The van der Waals surface area contributed by atoms with Crippen LogP contribution in [0.3, 0.4) is 0 Å². The second kappa shape index (κ2) is 4.96. The maximum atomic E-state index is 12.5. The first-order valence-corrected chi connectivity index (χ1v) is 6.92.